The van der Waals surface area contributed by atoms with Crippen LogP contribution in [-0.4, -0.2) is 16.2 Å². The van der Waals surface area contributed by atoms with Crippen molar-refractivity contribution in [3.05, 3.63) is 23.8 Å². The van der Waals surface area contributed by atoms with Crippen LogP contribution in [0.3, 0.4) is 0 Å². The number of hydrogen-bond acceptors (Lipinski definition) is 3. The molecule has 0 aliphatic rings. The number of nitrogen functional groups attached to an aromatic ring is 1. The molecule has 0 bridgehead atoms. The first-order valence-electron chi connectivity index (χ1n) is 2.93. The molecule has 1 aromatic carbocycles. The summed E-state index contributed by atoms with van der Waals surface area (Å²) in [6.07, 6.45) is 0. The fourth-order valence-electron chi connectivity index (χ4n) is 0.730. The fourth-order valence-corrected chi connectivity index (χ4v) is 0.730. The van der Waals surface area contributed by atoms with Gasteiger partial charge in [-0.15, -0.1) is 0 Å². The van der Waals surface area contributed by atoms with Gasteiger partial charge in [0.2, 0.25) is 0 Å². The zero-order chi connectivity index (χ0) is 8.43. The molecule has 4 N–H and O–H groups in total. The number of carboxylic acids is 1. The molecule has 0 spiro atoms. The second-order valence-electron chi connectivity index (χ2n) is 2.08. The van der Waals surface area contributed by atoms with Crippen molar-refractivity contribution in [2.45, 2.75) is 0 Å². The second-order valence-corrected chi connectivity index (χ2v) is 2.08. The number of hydrogen-bond donors (Lipinski definition) is 3. The summed E-state index contributed by atoms with van der Waals surface area (Å²) in [5.74, 6) is -1.47. The van der Waals surface area contributed by atoms with E-state index in [2.05, 4.69) is 0 Å². The summed E-state index contributed by atoms with van der Waals surface area (Å²) in [7, 11) is 0. The minimum Gasteiger partial charge on any atom is -0.507 e. The summed E-state index contributed by atoms with van der Waals surface area (Å²) in [4.78, 5) is 10.3. The minimum absolute atomic E-state index is 0. The van der Waals surface area contributed by atoms with Crippen LogP contribution in [0.2, 0.25) is 0 Å². The predicted octanol–water partition coefficient (Wildman–Crippen LogP) is 0.670. The number of aromatic carboxylic acids is 1. The van der Waals surface area contributed by atoms with Crippen molar-refractivity contribution in [3.8, 4) is 5.75 Å². The van der Waals surface area contributed by atoms with Crippen LogP contribution in [-0.2, 0) is 22.4 Å². The first-order chi connectivity index (χ1) is 5.11. The Morgan fingerprint density at radius 2 is 2.00 bits per heavy atom. The maximum Gasteiger partial charge on any atom is 0.339 e. The van der Waals surface area contributed by atoms with Crippen molar-refractivity contribution in [2.24, 2.45) is 0 Å². The van der Waals surface area contributed by atoms with E-state index in [9.17, 15) is 4.79 Å². The van der Waals surface area contributed by atoms with Crippen molar-refractivity contribution in [3.63, 3.8) is 0 Å². The summed E-state index contributed by atoms with van der Waals surface area (Å²) >= 11 is 0. The van der Waals surface area contributed by atoms with Gasteiger partial charge >= 0.3 is 5.97 Å². The van der Waals surface area contributed by atoms with Crippen LogP contribution in [0.25, 0.3) is 0 Å². The molecule has 4 nitrogen and oxygen atoms in total. The number of carbonyl (C=O) groups is 1. The number of nitrogens with two attached hydrogens (primary N) is 1. The molecule has 0 unspecified atom stereocenters. The smallest absolute Gasteiger partial charge is 0.339 e. The average Bonchev–Trinajstić information content (AvgIpc) is 1.85. The monoisotopic (exact) mass is 260 g/mol. The maximum absolute atomic E-state index is 10.3. The van der Waals surface area contributed by atoms with Gasteiger partial charge in [-0.3, -0.25) is 0 Å². The third kappa shape index (κ3) is 2.27. The summed E-state index contributed by atoms with van der Waals surface area (Å²) in [5, 5.41) is 17.5. The van der Waals surface area contributed by atoms with Gasteiger partial charge in [0.1, 0.15) is 11.3 Å². The third-order valence-corrected chi connectivity index (χ3v) is 1.25. The first kappa shape index (κ1) is 11.0. The number of phenols is 1. The number of anilines is 1. The van der Waals surface area contributed by atoms with E-state index in [0.29, 0.717) is 5.69 Å². The fraction of sp³-hybridized carbons (Fsp3) is 0. The summed E-state index contributed by atoms with van der Waals surface area (Å²) in [6, 6.07) is 3.87. The molecule has 1 radical (unpaired) electrons. The van der Waals surface area contributed by atoms with E-state index in [4.69, 9.17) is 15.9 Å². The van der Waals surface area contributed by atoms with Gasteiger partial charge in [0.25, 0.3) is 0 Å². The number of rotatable bonds is 1. The Bertz CT molecular complexity index is 301. The Morgan fingerprint density at radius 1 is 1.42 bits per heavy atom. The SMILES string of the molecule is Nc1ccc(C(=O)O)c(O)c1.[Ag]. The molecule has 0 aliphatic heterocycles. The molecule has 0 saturated carbocycles. The summed E-state index contributed by atoms with van der Waals surface area (Å²) in [6.45, 7) is 0. The molecular weight excluding hydrogens is 254 g/mol. The predicted molar refractivity (Wildman–Crippen MR) is 39.5 cm³/mol. The number of benzene rings is 1. The molecule has 1 rings (SSSR count). The van der Waals surface area contributed by atoms with Crippen molar-refractivity contribution < 1.29 is 37.4 Å². The Morgan fingerprint density at radius 3 is 2.42 bits per heavy atom. The van der Waals surface area contributed by atoms with Gasteiger partial charge in [0.05, 0.1) is 0 Å². The van der Waals surface area contributed by atoms with Crippen molar-refractivity contribution in [2.75, 3.05) is 5.73 Å². The molecule has 0 aliphatic carbocycles. The van der Waals surface area contributed by atoms with Crippen LogP contribution in [0.1, 0.15) is 10.4 Å². The van der Waals surface area contributed by atoms with Crippen LogP contribution >= 0.6 is 0 Å². The van der Waals surface area contributed by atoms with Crippen LogP contribution in [0.4, 0.5) is 5.69 Å². The molecule has 0 saturated heterocycles. The molecular formula is C7H7AgNO3. The van der Waals surface area contributed by atoms with Gasteiger partial charge in [-0.25, -0.2) is 4.79 Å². The van der Waals surface area contributed by atoms with E-state index >= 15 is 0 Å². The molecule has 0 amide bonds. The normalized spacial score (nSPS) is 8.67. The van der Waals surface area contributed by atoms with Crippen molar-refractivity contribution in [1.29, 1.82) is 0 Å². The molecule has 0 aromatic heterocycles. The van der Waals surface area contributed by atoms with Gasteiger partial charge in [0, 0.05) is 34.1 Å². The van der Waals surface area contributed by atoms with Crippen LogP contribution in [0, 0.1) is 0 Å². The summed E-state index contributed by atoms with van der Waals surface area (Å²) in [5.41, 5.74) is 5.48. The zero-order valence-electron chi connectivity index (χ0n) is 5.91. The number of carboxylic acid groups (broad SMARTS) is 1. The Hall–Kier alpha value is -0.970. The Labute approximate surface area is 84.5 Å². The summed E-state index contributed by atoms with van der Waals surface area (Å²) < 4.78 is 0. The molecule has 0 fully saturated rings. The quantitative estimate of drug-likeness (QED) is 0.512. The van der Waals surface area contributed by atoms with E-state index in [-0.39, 0.29) is 33.7 Å². The van der Waals surface area contributed by atoms with Crippen LogP contribution < -0.4 is 5.73 Å². The van der Waals surface area contributed by atoms with Gasteiger partial charge in [-0.1, -0.05) is 0 Å². The second kappa shape index (κ2) is 4.16. The Kier molecular flexibility index (Phi) is 3.82. The van der Waals surface area contributed by atoms with Crippen molar-refractivity contribution in [1.82, 2.24) is 0 Å². The van der Waals surface area contributed by atoms with Gasteiger partial charge in [0.15, 0.2) is 0 Å². The van der Waals surface area contributed by atoms with Gasteiger partial charge < -0.3 is 15.9 Å². The molecule has 0 heterocycles. The average molecular weight is 261 g/mol. The van der Waals surface area contributed by atoms with E-state index in [1.54, 1.807) is 0 Å². The van der Waals surface area contributed by atoms with E-state index in [1.165, 1.54) is 18.2 Å². The first-order valence-corrected chi connectivity index (χ1v) is 2.93. The minimum atomic E-state index is -1.16. The van der Waals surface area contributed by atoms with Crippen LogP contribution in [0.15, 0.2) is 18.2 Å². The molecule has 69 valence electrons. The number of aromatic hydroxyl groups is 1. The Balaban J connectivity index is 0.00000121. The molecule has 1 aromatic rings. The van der Waals surface area contributed by atoms with E-state index < -0.39 is 5.97 Å². The van der Waals surface area contributed by atoms with E-state index in [0.717, 1.165) is 0 Å². The van der Waals surface area contributed by atoms with E-state index in [1.807, 2.05) is 0 Å². The van der Waals surface area contributed by atoms with Gasteiger partial charge in [-0.05, 0) is 12.1 Å². The largest absolute Gasteiger partial charge is 0.507 e. The molecule has 0 atom stereocenters. The maximum atomic E-state index is 10.3. The molecule has 5 heteroatoms. The zero-order valence-corrected chi connectivity index (χ0v) is 7.40. The third-order valence-electron chi connectivity index (χ3n) is 1.25. The van der Waals surface area contributed by atoms with Crippen molar-refractivity contribution >= 4 is 11.7 Å². The van der Waals surface area contributed by atoms with Crippen LogP contribution in [0.5, 0.6) is 5.75 Å². The topological polar surface area (TPSA) is 83.6 Å². The molecule has 12 heavy (non-hydrogen) atoms. The van der Waals surface area contributed by atoms with Gasteiger partial charge in [-0.2, -0.15) is 0 Å². The standard InChI is InChI=1S/C7H7NO3.Ag/c8-4-1-2-5(7(10)11)6(9)3-4;/h1-3,9H,8H2,(H,10,11);.